The fourth-order valence-electron chi connectivity index (χ4n) is 1.02. The fourth-order valence-corrected chi connectivity index (χ4v) is 1.42. The van der Waals surface area contributed by atoms with E-state index in [1.165, 1.54) is 0 Å². The predicted molar refractivity (Wildman–Crippen MR) is 55.8 cm³/mol. The van der Waals surface area contributed by atoms with E-state index in [4.69, 9.17) is 4.74 Å². The summed E-state index contributed by atoms with van der Waals surface area (Å²) in [5.41, 5.74) is -3.91. The highest BCUT2D eigenvalue weighted by atomic mass is 32.2. The van der Waals surface area contributed by atoms with Crippen molar-refractivity contribution in [3.63, 3.8) is 0 Å². The van der Waals surface area contributed by atoms with Gasteiger partial charge >= 0.3 is 5.51 Å². The van der Waals surface area contributed by atoms with Gasteiger partial charge in [-0.15, -0.1) is 0 Å². The number of alkyl halides is 3. The van der Waals surface area contributed by atoms with E-state index in [1.54, 1.807) is 24.3 Å². The number of aldehydes is 1. The van der Waals surface area contributed by atoms with Gasteiger partial charge in [0.15, 0.2) is 6.29 Å². The van der Waals surface area contributed by atoms with Gasteiger partial charge < -0.3 is 4.74 Å². The van der Waals surface area contributed by atoms with Crippen LogP contribution in [-0.2, 0) is 0 Å². The summed E-state index contributed by atoms with van der Waals surface area (Å²) in [6, 6.07) is 6.39. The molecule has 0 saturated carbocycles. The second-order valence-corrected chi connectivity index (χ2v) is 3.96. The van der Waals surface area contributed by atoms with E-state index in [2.05, 4.69) is 0 Å². The Morgan fingerprint density at radius 2 is 2.00 bits per heavy atom. The molecule has 0 aliphatic rings. The van der Waals surface area contributed by atoms with Gasteiger partial charge in [-0.25, -0.2) is 0 Å². The van der Waals surface area contributed by atoms with Crippen molar-refractivity contribution in [2.45, 2.75) is 5.51 Å². The number of rotatable bonds is 5. The number of hydrogen-bond donors (Lipinski definition) is 0. The molecular weight excluding hydrogens is 241 g/mol. The number of para-hydroxylation sites is 1. The summed E-state index contributed by atoms with van der Waals surface area (Å²) in [6.45, 7) is -0.0883. The summed E-state index contributed by atoms with van der Waals surface area (Å²) in [6.07, 6.45) is 0.603. The molecule has 0 N–H and O–H groups in total. The molecule has 0 bridgehead atoms. The van der Waals surface area contributed by atoms with Gasteiger partial charge in [-0.3, -0.25) is 4.79 Å². The van der Waals surface area contributed by atoms with Crippen LogP contribution in [0.15, 0.2) is 24.3 Å². The normalized spacial score (nSPS) is 11.2. The number of carbonyl (C=O) groups excluding carboxylic acids is 1. The Bertz CT molecular complexity index is 352. The SMILES string of the molecule is O=Cc1ccccc1OCCSC(F)(F)F. The zero-order valence-corrected chi connectivity index (χ0v) is 8.98. The van der Waals surface area contributed by atoms with Gasteiger partial charge in [0.1, 0.15) is 5.75 Å². The Labute approximate surface area is 94.8 Å². The number of halogens is 3. The molecule has 0 radical (unpaired) electrons. The molecule has 0 saturated heterocycles. The molecule has 0 aromatic heterocycles. The van der Waals surface area contributed by atoms with Gasteiger partial charge in [0.05, 0.1) is 12.2 Å². The predicted octanol–water partition coefficient (Wildman–Crippen LogP) is 3.13. The molecule has 6 heteroatoms. The lowest BCUT2D eigenvalue weighted by molar-refractivity contribution is -0.0329. The highest BCUT2D eigenvalue weighted by Crippen LogP contribution is 2.29. The number of carbonyl (C=O) groups is 1. The topological polar surface area (TPSA) is 26.3 Å². The van der Waals surface area contributed by atoms with E-state index in [0.717, 1.165) is 0 Å². The Balaban J connectivity index is 2.40. The highest BCUT2D eigenvalue weighted by molar-refractivity contribution is 8.00. The fraction of sp³-hybridized carbons (Fsp3) is 0.300. The largest absolute Gasteiger partial charge is 0.492 e. The van der Waals surface area contributed by atoms with Crippen LogP contribution in [0, 0.1) is 0 Å². The first-order chi connectivity index (χ1) is 7.53. The first kappa shape index (κ1) is 12.9. The minimum atomic E-state index is -4.24. The number of benzene rings is 1. The summed E-state index contributed by atoms with van der Waals surface area (Å²) in [5, 5.41) is 0. The molecule has 0 amide bonds. The Kier molecular flexibility index (Phi) is 4.67. The monoisotopic (exact) mass is 250 g/mol. The third-order valence-electron chi connectivity index (χ3n) is 1.65. The van der Waals surface area contributed by atoms with Gasteiger partial charge in [-0.2, -0.15) is 13.2 Å². The third kappa shape index (κ3) is 4.57. The molecule has 0 spiro atoms. The number of hydrogen-bond acceptors (Lipinski definition) is 3. The van der Waals surface area contributed by atoms with Crippen molar-refractivity contribution >= 4 is 18.0 Å². The zero-order valence-electron chi connectivity index (χ0n) is 8.16. The van der Waals surface area contributed by atoms with Crippen molar-refractivity contribution in [3.8, 4) is 5.75 Å². The molecule has 1 aromatic rings. The minimum Gasteiger partial charge on any atom is -0.492 e. The zero-order chi connectivity index (χ0) is 12.0. The molecule has 16 heavy (non-hydrogen) atoms. The van der Waals surface area contributed by atoms with E-state index in [-0.39, 0.29) is 24.1 Å². The standard InChI is InChI=1S/C10H9F3O2S/c11-10(12,13)16-6-5-15-9-4-2-1-3-8(9)7-14/h1-4,7H,5-6H2. The van der Waals surface area contributed by atoms with Gasteiger partial charge in [-0.05, 0) is 23.9 Å². The van der Waals surface area contributed by atoms with Crippen LogP contribution >= 0.6 is 11.8 Å². The Morgan fingerprint density at radius 1 is 1.31 bits per heavy atom. The van der Waals surface area contributed by atoms with Crippen molar-refractivity contribution in [2.75, 3.05) is 12.4 Å². The van der Waals surface area contributed by atoms with Gasteiger partial charge in [0.25, 0.3) is 0 Å². The van der Waals surface area contributed by atoms with Crippen LogP contribution in [0.4, 0.5) is 13.2 Å². The first-order valence-electron chi connectivity index (χ1n) is 4.40. The average molecular weight is 250 g/mol. The molecule has 1 rings (SSSR count). The molecule has 0 unspecified atom stereocenters. The molecule has 0 atom stereocenters. The molecule has 0 aliphatic heterocycles. The summed E-state index contributed by atoms with van der Waals surface area (Å²) in [5.74, 6) is 0.108. The van der Waals surface area contributed by atoms with Crippen LogP contribution in [0.5, 0.6) is 5.75 Å². The van der Waals surface area contributed by atoms with E-state index in [9.17, 15) is 18.0 Å². The smallest absolute Gasteiger partial charge is 0.441 e. The summed E-state index contributed by atoms with van der Waals surface area (Å²) in [7, 11) is 0. The molecular formula is C10H9F3O2S. The van der Waals surface area contributed by atoms with Crippen LogP contribution in [0.25, 0.3) is 0 Å². The summed E-state index contributed by atoms with van der Waals surface area (Å²) < 4.78 is 40.4. The quantitative estimate of drug-likeness (QED) is 0.593. The van der Waals surface area contributed by atoms with Gasteiger partial charge in [0.2, 0.25) is 0 Å². The first-order valence-corrected chi connectivity index (χ1v) is 5.39. The van der Waals surface area contributed by atoms with Gasteiger partial charge in [0, 0.05) is 5.75 Å². The van der Waals surface area contributed by atoms with E-state index >= 15 is 0 Å². The van der Waals surface area contributed by atoms with Crippen LogP contribution in [0.3, 0.4) is 0 Å². The van der Waals surface area contributed by atoms with Crippen LogP contribution in [-0.4, -0.2) is 24.2 Å². The molecule has 0 heterocycles. The highest BCUT2D eigenvalue weighted by Gasteiger charge is 2.27. The summed E-state index contributed by atoms with van der Waals surface area (Å²) in [4.78, 5) is 10.6. The second-order valence-electron chi connectivity index (χ2n) is 2.80. The summed E-state index contributed by atoms with van der Waals surface area (Å²) >= 11 is -0.147. The Hall–Kier alpha value is -1.17. The average Bonchev–Trinajstić information content (AvgIpc) is 2.23. The second kappa shape index (κ2) is 5.79. The minimum absolute atomic E-state index is 0.0883. The number of ether oxygens (including phenoxy) is 1. The maximum absolute atomic E-state index is 11.8. The van der Waals surface area contributed by atoms with Crippen LogP contribution < -0.4 is 4.74 Å². The lowest BCUT2D eigenvalue weighted by Gasteiger charge is -2.08. The van der Waals surface area contributed by atoms with E-state index in [1.807, 2.05) is 0 Å². The van der Waals surface area contributed by atoms with Crippen molar-refractivity contribution in [1.82, 2.24) is 0 Å². The Morgan fingerprint density at radius 3 is 2.62 bits per heavy atom. The van der Waals surface area contributed by atoms with E-state index < -0.39 is 5.51 Å². The van der Waals surface area contributed by atoms with Crippen LogP contribution in [0.2, 0.25) is 0 Å². The van der Waals surface area contributed by atoms with Crippen LogP contribution in [0.1, 0.15) is 10.4 Å². The van der Waals surface area contributed by atoms with E-state index in [0.29, 0.717) is 17.6 Å². The molecule has 1 aromatic carbocycles. The number of thioether (sulfide) groups is 1. The lowest BCUT2D eigenvalue weighted by atomic mass is 10.2. The maximum atomic E-state index is 11.8. The lowest BCUT2D eigenvalue weighted by Crippen LogP contribution is -2.08. The van der Waals surface area contributed by atoms with Crippen molar-refractivity contribution < 1.29 is 22.7 Å². The molecule has 2 nitrogen and oxygen atoms in total. The van der Waals surface area contributed by atoms with Crippen molar-refractivity contribution in [1.29, 1.82) is 0 Å². The third-order valence-corrected chi connectivity index (χ3v) is 2.35. The molecule has 0 fully saturated rings. The van der Waals surface area contributed by atoms with Crippen molar-refractivity contribution in [3.05, 3.63) is 29.8 Å². The van der Waals surface area contributed by atoms with Crippen molar-refractivity contribution in [2.24, 2.45) is 0 Å². The van der Waals surface area contributed by atoms with Gasteiger partial charge in [-0.1, -0.05) is 12.1 Å². The molecule has 88 valence electrons. The molecule has 0 aliphatic carbocycles. The maximum Gasteiger partial charge on any atom is 0.441 e.